The Kier molecular flexibility index (Phi) is 9.86. The van der Waals surface area contributed by atoms with Crippen molar-refractivity contribution in [2.45, 2.75) is 19.9 Å². The third-order valence-corrected chi connectivity index (χ3v) is 6.81. The quantitative estimate of drug-likeness (QED) is 0.275. The van der Waals surface area contributed by atoms with Crippen LogP contribution in [0.3, 0.4) is 0 Å². The summed E-state index contributed by atoms with van der Waals surface area (Å²) in [5, 5.41) is 7.25. The van der Waals surface area contributed by atoms with Gasteiger partial charge in [-0.2, -0.15) is 5.10 Å². The molecule has 0 bridgehead atoms. The molecule has 1 unspecified atom stereocenters. The molecule has 9 nitrogen and oxygen atoms in total. The molecule has 0 spiro atoms. The number of hydrazone groups is 1. The predicted molar refractivity (Wildman–Crippen MR) is 149 cm³/mol. The van der Waals surface area contributed by atoms with Crippen LogP contribution in [0.1, 0.15) is 29.7 Å². The van der Waals surface area contributed by atoms with E-state index < -0.39 is 22.5 Å². The van der Waals surface area contributed by atoms with Gasteiger partial charge in [-0.05, 0) is 73.0 Å². The van der Waals surface area contributed by atoms with Crippen LogP contribution >= 0.6 is 11.6 Å². The number of ether oxygens (including phenoxy) is 1. The van der Waals surface area contributed by atoms with E-state index in [0.717, 1.165) is 16.1 Å². The maximum absolute atomic E-state index is 12.4. The molecule has 3 aromatic carbocycles. The highest BCUT2D eigenvalue weighted by Gasteiger charge is 2.22. The number of sulfonamides is 1. The zero-order valence-electron chi connectivity index (χ0n) is 21.2. The summed E-state index contributed by atoms with van der Waals surface area (Å²) in [6.07, 6.45) is 2.43. The first-order chi connectivity index (χ1) is 18.0. The van der Waals surface area contributed by atoms with Crippen molar-refractivity contribution in [1.82, 2.24) is 10.7 Å². The average Bonchev–Trinajstić information content (AvgIpc) is 2.87. The minimum atomic E-state index is -3.73. The second-order valence-corrected chi connectivity index (χ2v) is 10.9. The number of hydrogen-bond donors (Lipinski definition) is 2. The lowest BCUT2D eigenvalue weighted by atomic mass is 10.1. The van der Waals surface area contributed by atoms with Gasteiger partial charge < -0.3 is 10.1 Å². The molecule has 0 radical (unpaired) electrons. The molecule has 200 valence electrons. The van der Waals surface area contributed by atoms with Gasteiger partial charge in [0.15, 0.2) is 6.61 Å². The number of nitrogens with zero attached hydrogens (tertiary/aromatic N) is 2. The minimum absolute atomic E-state index is 0.134. The highest BCUT2D eigenvalue weighted by molar-refractivity contribution is 7.92. The third-order valence-electron chi connectivity index (χ3n) is 5.45. The van der Waals surface area contributed by atoms with Crippen LogP contribution in [-0.2, 0) is 19.6 Å². The van der Waals surface area contributed by atoms with E-state index in [1.807, 2.05) is 37.3 Å². The molecular weight excluding hydrogens is 528 g/mol. The summed E-state index contributed by atoms with van der Waals surface area (Å²) in [7, 11) is -3.73. The van der Waals surface area contributed by atoms with Crippen LogP contribution in [0.2, 0.25) is 5.02 Å². The van der Waals surface area contributed by atoms with Crippen molar-refractivity contribution in [3.63, 3.8) is 0 Å². The molecule has 0 aliphatic rings. The maximum atomic E-state index is 12.4. The van der Waals surface area contributed by atoms with Gasteiger partial charge in [-0.1, -0.05) is 41.9 Å². The van der Waals surface area contributed by atoms with Gasteiger partial charge in [0.25, 0.3) is 11.8 Å². The van der Waals surface area contributed by atoms with Gasteiger partial charge in [-0.3, -0.25) is 13.9 Å². The fraction of sp³-hybridized carbons (Fsp3) is 0.222. The molecule has 2 N–H and O–H groups in total. The largest absolute Gasteiger partial charge is 0.484 e. The number of anilines is 1. The molecule has 0 aliphatic heterocycles. The SMILES string of the molecule is Cc1cc(Cl)ccc1N(CC(=O)NN=Cc1ccc(OCC(=O)NC(C)c2ccccc2)cc1)S(C)(=O)=O. The lowest BCUT2D eigenvalue weighted by molar-refractivity contribution is -0.123. The van der Waals surface area contributed by atoms with E-state index in [1.165, 1.54) is 6.21 Å². The van der Waals surface area contributed by atoms with Crippen molar-refractivity contribution in [2.75, 3.05) is 23.7 Å². The molecule has 0 aromatic heterocycles. The second-order valence-electron chi connectivity index (χ2n) is 8.55. The van der Waals surface area contributed by atoms with Gasteiger partial charge in [-0.15, -0.1) is 0 Å². The average molecular weight is 557 g/mol. The van der Waals surface area contributed by atoms with Crippen LogP contribution < -0.4 is 19.8 Å². The molecule has 0 heterocycles. The molecule has 2 amide bonds. The Labute approximate surface area is 227 Å². The van der Waals surface area contributed by atoms with Crippen LogP contribution in [0.4, 0.5) is 5.69 Å². The fourth-order valence-corrected chi connectivity index (χ4v) is 4.67. The number of hydrogen-bond acceptors (Lipinski definition) is 6. The number of benzene rings is 3. The number of carbonyl (C=O) groups excluding carboxylic acids is 2. The van der Waals surface area contributed by atoms with Crippen molar-refractivity contribution in [2.24, 2.45) is 5.10 Å². The number of aryl methyl sites for hydroxylation is 1. The summed E-state index contributed by atoms with van der Waals surface area (Å²) in [6.45, 7) is 3.03. The molecule has 11 heteroatoms. The van der Waals surface area contributed by atoms with E-state index in [-0.39, 0.29) is 18.6 Å². The Morgan fingerprint density at radius 3 is 2.37 bits per heavy atom. The molecule has 0 fully saturated rings. The third kappa shape index (κ3) is 8.60. The molecule has 38 heavy (non-hydrogen) atoms. The predicted octanol–water partition coefficient (Wildman–Crippen LogP) is 3.82. The van der Waals surface area contributed by atoms with E-state index in [1.54, 1.807) is 49.4 Å². The minimum Gasteiger partial charge on any atom is -0.484 e. The summed E-state index contributed by atoms with van der Waals surface area (Å²) >= 11 is 5.96. The molecular formula is C27H29ClN4O5S. The van der Waals surface area contributed by atoms with Crippen LogP contribution in [0, 0.1) is 6.92 Å². The molecule has 3 rings (SSSR count). The standard InChI is InChI=1S/C27H29ClN4O5S/c1-19-15-23(28)11-14-25(19)32(38(3,35)36)17-26(33)31-29-16-21-9-12-24(13-10-21)37-18-27(34)30-20(2)22-7-5-4-6-8-22/h4-16,20H,17-18H2,1-3H3,(H,30,34)(H,31,33). The Morgan fingerprint density at radius 2 is 1.74 bits per heavy atom. The van der Waals surface area contributed by atoms with Crippen molar-refractivity contribution in [1.29, 1.82) is 0 Å². The van der Waals surface area contributed by atoms with Crippen LogP contribution in [0.5, 0.6) is 5.75 Å². The Balaban J connectivity index is 1.50. The first-order valence-corrected chi connectivity index (χ1v) is 13.9. The van der Waals surface area contributed by atoms with Crippen LogP contribution in [0.25, 0.3) is 0 Å². The van der Waals surface area contributed by atoms with Crippen LogP contribution in [0.15, 0.2) is 77.9 Å². The smallest absolute Gasteiger partial charge is 0.260 e. The van der Waals surface area contributed by atoms with Gasteiger partial charge in [-0.25, -0.2) is 13.8 Å². The first kappa shape index (κ1) is 28.7. The normalized spacial score (nSPS) is 12.1. The lowest BCUT2D eigenvalue weighted by Gasteiger charge is -2.23. The first-order valence-electron chi connectivity index (χ1n) is 11.7. The number of halogens is 1. The van der Waals surface area contributed by atoms with Gasteiger partial charge in [0.1, 0.15) is 12.3 Å². The number of amides is 2. The number of nitrogens with one attached hydrogen (secondary N) is 2. The van der Waals surface area contributed by atoms with Crippen molar-refractivity contribution >= 4 is 45.3 Å². The Bertz CT molecular complexity index is 1400. The van der Waals surface area contributed by atoms with Gasteiger partial charge >= 0.3 is 0 Å². The van der Waals surface area contributed by atoms with Gasteiger partial charge in [0.05, 0.1) is 24.2 Å². The summed E-state index contributed by atoms with van der Waals surface area (Å²) in [4.78, 5) is 24.6. The summed E-state index contributed by atoms with van der Waals surface area (Å²) < 4.78 is 31.1. The van der Waals surface area contributed by atoms with E-state index in [4.69, 9.17) is 16.3 Å². The lowest BCUT2D eigenvalue weighted by Crippen LogP contribution is -2.39. The summed E-state index contributed by atoms with van der Waals surface area (Å²) in [5.41, 5.74) is 4.97. The monoisotopic (exact) mass is 556 g/mol. The van der Waals surface area contributed by atoms with Crippen molar-refractivity contribution in [3.05, 3.63) is 94.5 Å². The number of carbonyl (C=O) groups is 2. The molecule has 0 aliphatic carbocycles. The topological polar surface area (TPSA) is 117 Å². The Hall–Kier alpha value is -3.89. The molecule has 0 saturated carbocycles. The second kappa shape index (κ2) is 13.1. The fourth-order valence-electron chi connectivity index (χ4n) is 3.53. The highest BCUT2D eigenvalue weighted by Crippen LogP contribution is 2.25. The highest BCUT2D eigenvalue weighted by atomic mass is 35.5. The van der Waals surface area contributed by atoms with E-state index >= 15 is 0 Å². The zero-order valence-corrected chi connectivity index (χ0v) is 22.8. The van der Waals surface area contributed by atoms with E-state index in [0.29, 0.717) is 27.6 Å². The molecule has 3 aromatic rings. The van der Waals surface area contributed by atoms with E-state index in [9.17, 15) is 18.0 Å². The summed E-state index contributed by atoms with van der Waals surface area (Å²) in [5.74, 6) is -0.362. The molecule has 0 saturated heterocycles. The van der Waals surface area contributed by atoms with Crippen molar-refractivity contribution in [3.8, 4) is 5.75 Å². The zero-order chi connectivity index (χ0) is 27.7. The van der Waals surface area contributed by atoms with E-state index in [2.05, 4.69) is 15.8 Å². The summed E-state index contributed by atoms with van der Waals surface area (Å²) in [6, 6.07) is 21.0. The number of rotatable bonds is 11. The van der Waals surface area contributed by atoms with Gasteiger partial charge in [0, 0.05) is 5.02 Å². The van der Waals surface area contributed by atoms with Crippen LogP contribution in [-0.4, -0.2) is 45.9 Å². The maximum Gasteiger partial charge on any atom is 0.260 e. The van der Waals surface area contributed by atoms with Gasteiger partial charge in [0.2, 0.25) is 10.0 Å². The molecule has 1 atom stereocenters. The van der Waals surface area contributed by atoms with Crippen molar-refractivity contribution < 1.29 is 22.7 Å². The Morgan fingerprint density at radius 1 is 1.05 bits per heavy atom.